The molecule has 1 aromatic carbocycles. The Morgan fingerprint density at radius 3 is 2.26 bits per heavy atom. The minimum absolute atomic E-state index is 0.0111. The van der Waals surface area contributed by atoms with Gasteiger partial charge in [-0.25, -0.2) is 9.59 Å². The summed E-state index contributed by atoms with van der Waals surface area (Å²) in [5.74, 6) is -4.28. The lowest BCUT2D eigenvalue weighted by molar-refractivity contribution is -0.140. The molecule has 3 N–H and O–H groups in total. The number of nitrogens with one attached hydrogen (secondary N) is 1. The molecule has 0 fully saturated rings. The SMILES string of the molecule is COC(=O)C[C@H](c1ccc(C(=O)O)cc1)c1c(O)c(C(=O)OC)c[nH]c1=O. The zero-order valence-corrected chi connectivity index (χ0v) is 14.5. The van der Waals surface area contributed by atoms with Gasteiger partial charge in [0.15, 0.2) is 0 Å². The Morgan fingerprint density at radius 2 is 1.74 bits per heavy atom. The van der Waals surface area contributed by atoms with E-state index in [1.807, 2.05) is 0 Å². The van der Waals surface area contributed by atoms with Crippen LogP contribution in [0, 0.1) is 0 Å². The number of rotatable bonds is 6. The van der Waals surface area contributed by atoms with Gasteiger partial charge in [0.05, 0.1) is 31.8 Å². The summed E-state index contributed by atoms with van der Waals surface area (Å²) in [5, 5.41) is 19.5. The van der Waals surface area contributed by atoms with Crippen LogP contribution in [0.4, 0.5) is 0 Å². The molecule has 0 saturated heterocycles. The van der Waals surface area contributed by atoms with Crippen molar-refractivity contribution in [3.63, 3.8) is 0 Å². The second kappa shape index (κ2) is 8.17. The Morgan fingerprint density at radius 1 is 1.11 bits per heavy atom. The number of carboxylic acid groups (broad SMARTS) is 1. The second-order valence-electron chi connectivity index (χ2n) is 5.55. The fraction of sp³-hybridized carbons (Fsp3) is 0.222. The predicted molar refractivity (Wildman–Crippen MR) is 91.9 cm³/mol. The molecule has 0 aliphatic carbocycles. The number of methoxy groups -OCH3 is 2. The van der Waals surface area contributed by atoms with Gasteiger partial charge in [-0.2, -0.15) is 0 Å². The molecule has 142 valence electrons. The van der Waals surface area contributed by atoms with Crippen molar-refractivity contribution >= 4 is 17.9 Å². The maximum atomic E-state index is 12.3. The molecule has 1 aromatic heterocycles. The number of aromatic hydroxyl groups is 1. The number of pyridine rings is 1. The van der Waals surface area contributed by atoms with Gasteiger partial charge in [-0.05, 0) is 17.7 Å². The molecular weight excluding hydrogens is 358 g/mol. The summed E-state index contributed by atoms with van der Waals surface area (Å²) in [7, 11) is 2.28. The van der Waals surface area contributed by atoms with E-state index in [-0.39, 0.29) is 23.1 Å². The molecule has 0 saturated carbocycles. The number of aromatic carboxylic acids is 1. The van der Waals surface area contributed by atoms with Gasteiger partial charge < -0.3 is 24.7 Å². The number of carboxylic acids is 1. The van der Waals surface area contributed by atoms with Crippen LogP contribution in [0.1, 0.15) is 44.2 Å². The highest BCUT2D eigenvalue weighted by molar-refractivity contribution is 5.92. The zero-order valence-electron chi connectivity index (χ0n) is 14.5. The monoisotopic (exact) mass is 375 g/mol. The highest BCUT2D eigenvalue weighted by atomic mass is 16.5. The quantitative estimate of drug-likeness (QED) is 0.640. The van der Waals surface area contributed by atoms with E-state index in [2.05, 4.69) is 14.5 Å². The van der Waals surface area contributed by atoms with E-state index in [0.29, 0.717) is 5.56 Å². The van der Waals surface area contributed by atoms with Crippen LogP contribution < -0.4 is 5.56 Å². The molecule has 27 heavy (non-hydrogen) atoms. The lowest BCUT2D eigenvalue weighted by atomic mass is 9.87. The Hall–Kier alpha value is -3.62. The highest BCUT2D eigenvalue weighted by Gasteiger charge is 2.28. The summed E-state index contributed by atoms with van der Waals surface area (Å²) in [5.41, 5.74) is -0.822. The number of hydrogen-bond donors (Lipinski definition) is 3. The fourth-order valence-corrected chi connectivity index (χ4v) is 2.62. The molecule has 0 amide bonds. The predicted octanol–water partition coefficient (Wildman–Crippen LogP) is 1.26. The van der Waals surface area contributed by atoms with Gasteiger partial charge in [0.2, 0.25) is 0 Å². The molecule has 0 spiro atoms. The summed E-state index contributed by atoms with van der Waals surface area (Å²) < 4.78 is 9.21. The van der Waals surface area contributed by atoms with Gasteiger partial charge in [-0.3, -0.25) is 9.59 Å². The average Bonchev–Trinajstić information content (AvgIpc) is 2.66. The molecule has 9 heteroatoms. The maximum absolute atomic E-state index is 12.3. The van der Waals surface area contributed by atoms with Crippen LogP contribution in [0.25, 0.3) is 0 Å². The van der Waals surface area contributed by atoms with Crippen molar-refractivity contribution in [2.24, 2.45) is 0 Å². The van der Waals surface area contributed by atoms with E-state index >= 15 is 0 Å². The summed E-state index contributed by atoms with van der Waals surface area (Å²) in [4.78, 5) is 49.3. The minimum Gasteiger partial charge on any atom is -0.506 e. The lowest BCUT2D eigenvalue weighted by Gasteiger charge is -2.18. The number of aromatic amines is 1. The first-order valence-electron chi connectivity index (χ1n) is 7.73. The van der Waals surface area contributed by atoms with Crippen LogP contribution in [-0.4, -0.2) is 47.3 Å². The molecule has 1 atom stereocenters. The molecule has 9 nitrogen and oxygen atoms in total. The van der Waals surface area contributed by atoms with Crippen molar-refractivity contribution < 1.29 is 34.1 Å². The maximum Gasteiger partial charge on any atom is 0.343 e. The standard InChI is InChI=1S/C18H17NO8/c1-26-13(20)7-11(9-3-5-10(6-4-9)17(23)24)14-15(21)12(18(25)27-2)8-19-16(14)22/h3-6,8,11H,7H2,1-2H3,(H,23,24)(H2,19,21,22)/t11-/m1/s1. The Balaban J connectivity index is 2.64. The fourth-order valence-electron chi connectivity index (χ4n) is 2.62. The number of carbonyl (C=O) groups excluding carboxylic acids is 2. The van der Waals surface area contributed by atoms with Crippen molar-refractivity contribution in [2.75, 3.05) is 14.2 Å². The molecule has 0 aliphatic heterocycles. The first-order chi connectivity index (χ1) is 12.8. The Kier molecular flexibility index (Phi) is 5.96. The number of benzene rings is 1. The molecule has 0 unspecified atom stereocenters. The van der Waals surface area contributed by atoms with Crippen molar-refractivity contribution in [1.29, 1.82) is 0 Å². The first-order valence-corrected chi connectivity index (χ1v) is 7.73. The molecule has 0 radical (unpaired) electrons. The van der Waals surface area contributed by atoms with Crippen LogP contribution in [-0.2, 0) is 14.3 Å². The van der Waals surface area contributed by atoms with Crippen molar-refractivity contribution in [1.82, 2.24) is 4.98 Å². The minimum atomic E-state index is -1.14. The van der Waals surface area contributed by atoms with E-state index in [0.717, 1.165) is 13.3 Å². The van der Waals surface area contributed by atoms with E-state index in [9.17, 15) is 24.3 Å². The summed E-state index contributed by atoms with van der Waals surface area (Å²) >= 11 is 0. The van der Waals surface area contributed by atoms with Crippen LogP contribution in [0.2, 0.25) is 0 Å². The normalized spacial score (nSPS) is 11.5. The molecular formula is C18H17NO8. The smallest absolute Gasteiger partial charge is 0.343 e. The number of H-pyrrole nitrogens is 1. The zero-order chi connectivity index (χ0) is 20.1. The summed E-state index contributed by atoms with van der Waals surface area (Å²) in [6, 6.07) is 5.44. The molecule has 1 heterocycles. The van der Waals surface area contributed by atoms with Gasteiger partial charge in [0.1, 0.15) is 11.3 Å². The van der Waals surface area contributed by atoms with Gasteiger partial charge in [0, 0.05) is 12.1 Å². The summed E-state index contributed by atoms with van der Waals surface area (Å²) in [6.07, 6.45) is 0.694. The average molecular weight is 375 g/mol. The van der Waals surface area contributed by atoms with Crippen molar-refractivity contribution in [3.05, 3.63) is 63.1 Å². The largest absolute Gasteiger partial charge is 0.506 e. The van der Waals surface area contributed by atoms with Crippen LogP contribution in [0.3, 0.4) is 0 Å². The first kappa shape index (κ1) is 19.7. The number of ether oxygens (including phenoxy) is 2. The van der Waals surface area contributed by atoms with E-state index in [4.69, 9.17) is 5.11 Å². The van der Waals surface area contributed by atoms with Gasteiger partial charge in [0.25, 0.3) is 5.56 Å². The van der Waals surface area contributed by atoms with Gasteiger partial charge >= 0.3 is 17.9 Å². The van der Waals surface area contributed by atoms with Crippen LogP contribution in [0.5, 0.6) is 5.75 Å². The second-order valence-corrected chi connectivity index (χ2v) is 5.55. The van der Waals surface area contributed by atoms with E-state index in [1.165, 1.54) is 31.4 Å². The van der Waals surface area contributed by atoms with Crippen molar-refractivity contribution in [3.8, 4) is 5.75 Å². The third-order valence-corrected chi connectivity index (χ3v) is 4.01. The Labute approximate surface area is 153 Å². The molecule has 2 aromatic rings. The van der Waals surface area contributed by atoms with Crippen molar-refractivity contribution in [2.45, 2.75) is 12.3 Å². The topological polar surface area (TPSA) is 143 Å². The third kappa shape index (κ3) is 4.14. The van der Waals surface area contributed by atoms with Crippen LogP contribution in [0.15, 0.2) is 35.3 Å². The Bertz CT molecular complexity index is 929. The van der Waals surface area contributed by atoms with E-state index in [1.54, 1.807) is 0 Å². The third-order valence-electron chi connectivity index (χ3n) is 4.01. The molecule has 0 aliphatic rings. The number of hydrogen-bond acceptors (Lipinski definition) is 7. The van der Waals surface area contributed by atoms with E-state index < -0.39 is 35.1 Å². The van der Waals surface area contributed by atoms with Gasteiger partial charge in [-0.15, -0.1) is 0 Å². The number of esters is 2. The number of aromatic nitrogens is 1. The lowest BCUT2D eigenvalue weighted by Crippen LogP contribution is -2.22. The van der Waals surface area contributed by atoms with Gasteiger partial charge in [-0.1, -0.05) is 12.1 Å². The highest BCUT2D eigenvalue weighted by Crippen LogP contribution is 2.33. The van der Waals surface area contributed by atoms with Crippen LogP contribution >= 0.6 is 0 Å². The number of carbonyl (C=O) groups is 3. The molecule has 0 bridgehead atoms. The summed E-state index contributed by atoms with van der Waals surface area (Å²) in [6.45, 7) is 0. The molecule has 2 rings (SSSR count).